The molecule has 0 aliphatic carbocycles. The van der Waals surface area contributed by atoms with Crippen LogP contribution in [0.4, 0.5) is 5.69 Å². The summed E-state index contributed by atoms with van der Waals surface area (Å²) in [4.78, 5) is 25.0. The van der Waals surface area contributed by atoms with Gasteiger partial charge in [-0.05, 0) is 43.2 Å². The predicted molar refractivity (Wildman–Crippen MR) is 125 cm³/mol. The molecule has 1 aromatic heterocycles. The van der Waals surface area contributed by atoms with Gasteiger partial charge in [-0.1, -0.05) is 36.9 Å². The molecule has 0 spiro atoms. The lowest BCUT2D eigenvalue weighted by Gasteiger charge is -2.10. The number of benzene rings is 2. The zero-order chi connectivity index (χ0) is 23.2. The van der Waals surface area contributed by atoms with Crippen LogP contribution in [0.15, 0.2) is 47.6 Å². The van der Waals surface area contributed by atoms with Crippen molar-refractivity contribution in [2.24, 2.45) is 0 Å². The number of ether oxygens (including phenoxy) is 2. The average Bonchev–Trinajstić information content (AvgIpc) is 3.47. The number of hydrogen-bond acceptors (Lipinski definition) is 7. The lowest BCUT2D eigenvalue weighted by molar-refractivity contribution is -0.113. The molecule has 0 radical (unpaired) electrons. The second-order valence-corrected chi connectivity index (χ2v) is 8.18. The Labute approximate surface area is 195 Å². The first-order valence-corrected chi connectivity index (χ1v) is 11.7. The van der Waals surface area contributed by atoms with Crippen molar-refractivity contribution in [2.75, 3.05) is 17.9 Å². The number of carbonyl (C=O) groups excluding carboxylic acids is 2. The molecule has 0 atom stereocenters. The number of amides is 2. The van der Waals surface area contributed by atoms with E-state index in [9.17, 15) is 9.59 Å². The Hall–Kier alpha value is -3.53. The molecule has 0 saturated carbocycles. The zero-order valence-electron chi connectivity index (χ0n) is 18.5. The van der Waals surface area contributed by atoms with Crippen molar-refractivity contribution in [2.45, 2.75) is 38.5 Å². The van der Waals surface area contributed by atoms with Gasteiger partial charge in [-0.25, -0.2) is 0 Å². The average molecular weight is 468 g/mol. The van der Waals surface area contributed by atoms with Gasteiger partial charge in [-0.15, -0.1) is 10.2 Å². The van der Waals surface area contributed by atoms with Crippen LogP contribution in [0.25, 0.3) is 0 Å². The standard InChI is InChI=1S/C23H25N5O4S/c1-3-15-7-5-6-8-17(15)25-21(29)13-33-23-27-26-20(28(23)4-2)12-24-22(30)16-9-10-18-19(11-16)32-14-31-18/h5-11H,3-4,12-14H2,1-2H3,(H,24,30)(H,25,29). The van der Waals surface area contributed by atoms with Gasteiger partial charge in [-0.3, -0.25) is 9.59 Å². The third kappa shape index (κ3) is 5.28. The van der Waals surface area contributed by atoms with Gasteiger partial charge < -0.3 is 24.7 Å². The minimum absolute atomic E-state index is 0.107. The van der Waals surface area contributed by atoms with Crippen molar-refractivity contribution in [3.8, 4) is 11.5 Å². The summed E-state index contributed by atoms with van der Waals surface area (Å²) >= 11 is 1.31. The molecule has 1 aliphatic heterocycles. The molecule has 9 nitrogen and oxygen atoms in total. The van der Waals surface area contributed by atoms with Gasteiger partial charge in [-0.2, -0.15) is 0 Å². The summed E-state index contributed by atoms with van der Waals surface area (Å²) in [6, 6.07) is 12.8. The van der Waals surface area contributed by atoms with Gasteiger partial charge in [0.1, 0.15) is 0 Å². The van der Waals surface area contributed by atoms with Gasteiger partial charge in [0.25, 0.3) is 5.91 Å². The van der Waals surface area contributed by atoms with Crippen LogP contribution in [0, 0.1) is 0 Å². The Kier molecular flexibility index (Phi) is 7.13. The number of aryl methyl sites for hydroxylation is 1. The van der Waals surface area contributed by atoms with E-state index in [1.807, 2.05) is 35.8 Å². The number of thioether (sulfide) groups is 1. The number of anilines is 1. The van der Waals surface area contributed by atoms with Crippen LogP contribution in [0.3, 0.4) is 0 Å². The SMILES string of the molecule is CCc1ccccc1NC(=O)CSc1nnc(CNC(=O)c2ccc3c(c2)OCO3)n1CC. The molecule has 0 unspecified atom stereocenters. The molecule has 4 rings (SSSR count). The van der Waals surface area contributed by atoms with Crippen molar-refractivity contribution >= 4 is 29.3 Å². The molecule has 1 aliphatic rings. The highest BCUT2D eigenvalue weighted by atomic mass is 32.2. The highest BCUT2D eigenvalue weighted by Gasteiger charge is 2.18. The second-order valence-electron chi connectivity index (χ2n) is 7.24. The number of nitrogens with one attached hydrogen (secondary N) is 2. The first-order chi connectivity index (χ1) is 16.1. The maximum atomic E-state index is 12.5. The van der Waals surface area contributed by atoms with E-state index >= 15 is 0 Å². The highest BCUT2D eigenvalue weighted by molar-refractivity contribution is 7.99. The number of carbonyl (C=O) groups is 2. The summed E-state index contributed by atoms with van der Waals surface area (Å²) in [5, 5.41) is 14.9. The van der Waals surface area contributed by atoms with E-state index in [1.54, 1.807) is 18.2 Å². The van der Waals surface area contributed by atoms with Gasteiger partial charge in [0.15, 0.2) is 22.5 Å². The van der Waals surface area contributed by atoms with Gasteiger partial charge >= 0.3 is 0 Å². The minimum Gasteiger partial charge on any atom is -0.454 e. The smallest absolute Gasteiger partial charge is 0.251 e. The van der Waals surface area contributed by atoms with Crippen LogP contribution >= 0.6 is 11.8 Å². The molecule has 3 aromatic rings. The van der Waals surface area contributed by atoms with Crippen LogP contribution in [0.5, 0.6) is 11.5 Å². The molecule has 33 heavy (non-hydrogen) atoms. The predicted octanol–water partition coefficient (Wildman–Crippen LogP) is 3.25. The Morgan fingerprint density at radius 3 is 2.73 bits per heavy atom. The molecule has 2 heterocycles. The number of aromatic nitrogens is 3. The first kappa shape index (κ1) is 22.7. The Bertz CT molecular complexity index is 1160. The van der Waals surface area contributed by atoms with Crippen LogP contribution in [-0.4, -0.2) is 39.1 Å². The first-order valence-electron chi connectivity index (χ1n) is 10.7. The van der Waals surface area contributed by atoms with Crippen molar-refractivity contribution in [1.29, 1.82) is 0 Å². The van der Waals surface area contributed by atoms with E-state index in [-0.39, 0.29) is 30.9 Å². The van der Waals surface area contributed by atoms with Crippen molar-refractivity contribution in [3.63, 3.8) is 0 Å². The molecule has 2 N–H and O–H groups in total. The number of hydrogen-bond donors (Lipinski definition) is 2. The van der Waals surface area contributed by atoms with E-state index in [0.29, 0.717) is 34.6 Å². The fraction of sp³-hybridized carbons (Fsp3) is 0.304. The van der Waals surface area contributed by atoms with Gasteiger partial charge in [0.2, 0.25) is 12.7 Å². The van der Waals surface area contributed by atoms with Gasteiger partial charge in [0.05, 0.1) is 12.3 Å². The lowest BCUT2D eigenvalue weighted by atomic mass is 10.1. The minimum atomic E-state index is -0.248. The van der Waals surface area contributed by atoms with Crippen molar-refractivity contribution < 1.29 is 19.1 Å². The number of nitrogens with zero attached hydrogens (tertiary/aromatic N) is 3. The van der Waals surface area contributed by atoms with E-state index in [1.165, 1.54) is 11.8 Å². The van der Waals surface area contributed by atoms with Crippen molar-refractivity contribution in [3.05, 3.63) is 59.4 Å². The zero-order valence-corrected chi connectivity index (χ0v) is 19.3. The Morgan fingerprint density at radius 2 is 1.91 bits per heavy atom. The fourth-order valence-corrected chi connectivity index (χ4v) is 4.26. The summed E-state index contributed by atoms with van der Waals surface area (Å²) in [6.07, 6.45) is 0.842. The summed E-state index contributed by atoms with van der Waals surface area (Å²) in [5.41, 5.74) is 2.39. The quantitative estimate of drug-likeness (QED) is 0.465. The monoisotopic (exact) mass is 467 g/mol. The summed E-state index contributed by atoms with van der Waals surface area (Å²) in [6.45, 7) is 5.00. The molecular formula is C23H25N5O4S. The number of para-hydroxylation sites is 1. The van der Waals surface area contributed by atoms with Crippen molar-refractivity contribution in [1.82, 2.24) is 20.1 Å². The molecule has 0 bridgehead atoms. The lowest BCUT2D eigenvalue weighted by Crippen LogP contribution is -2.24. The summed E-state index contributed by atoms with van der Waals surface area (Å²) in [5.74, 6) is 1.65. The maximum absolute atomic E-state index is 12.5. The topological polar surface area (TPSA) is 107 Å². The Morgan fingerprint density at radius 1 is 1.09 bits per heavy atom. The third-order valence-electron chi connectivity index (χ3n) is 5.16. The fourth-order valence-electron chi connectivity index (χ4n) is 3.44. The molecular weight excluding hydrogens is 442 g/mol. The summed E-state index contributed by atoms with van der Waals surface area (Å²) < 4.78 is 12.5. The molecule has 10 heteroatoms. The van der Waals surface area contributed by atoms with Gasteiger partial charge in [0, 0.05) is 17.8 Å². The van der Waals surface area contributed by atoms with E-state index < -0.39 is 0 Å². The van der Waals surface area contributed by atoms with E-state index in [0.717, 1.165) is 17.7 Å². The van der Waals surface area contributed by atoms with Crippen LogP contribution < -0.4 is 20.1 Å². The molecule has 2 aromatic carbocycles. The van der Waals surface area contributed by atoms with E-state index in [4.69, 9.17) is 9.47 Å². The normalized spacial score (nSPS) is 11.9. The van der Waals surface area contributed by atoms with Crippen LogP contribution in [0.2, 0.25) is 0 Å². The maximum Gasteiger partial charge on any atom is 0.251 e. The van der Waals surface area contributed by atoms with E-state index in [2.05, 4.69) is 27.8 Å². The summed E-state index contributed by atoms with van der Waals surface area (Å²) in [7, 11) is 0. The highest BCUT2D eigenvalue weighted by Crippen LogP contribution is 2.32. The van der Waals surface area contributed by atoms with Crippen LogP contribution in [-0.2, 0) is 24.3 Å². The third-order valence-corrected chi connectivity index (χ3v) is 6.12. The molecule has 2 amide bonds. The molecule has 0 saturated heterocycles. The molecule has 172 valence electrons. The van der Waals surface area contributed by atoms with Crippen LogP contribution in [0.1, 0.15) is 35.6 Å². The number of fused-ring (bicyclic) bond motifs is 1. The Balaban J connectivity index is 1.34. The molecule has 0 fully saturated rings. The number of rotatable bonds is 9. The second kappa shape index (κ2) is 10.4. The largest absolute Gasteiger partial charge is 0.454 e.